The zero-order chi connectivity index (χ0) is 13.8. The summed E-state index contributed by atoms with van der Waals surface area (Å²) >= 11 is 0. The molecule has 0 bridgehead atoms. The predicted molar refractivity (Wildman–Crippen MR) is 74.3 cm³/mol. The highest BCUT2D eigenvalue weighted by molar-refractivity contribution is 6.04. The van der Waals surface area contributed by atoms with Crippen molar-refractivity contribution < 1.29 is 9.53 Å². The highest BCUT2D eigenvalue weighted by Gasteiger charge is 2.07. The molecule has 0 aliphatic heterocycles. The van der Waals surface area contributed by atoms with Crippen LogP contribution in [0.2, 0.25) is 0 Å². The van der Waals surface area contributed by atoms with Crippen molar-refractivity contribution in [3.8, 4) is 5.75 Å². The van der Waals surface area contributed by atoms with Gasteiger partial charge in [-0.05, 0) is 42.8 Å². The molecule has 5 nitrogen and oxygen atoms in total. The second-order valence-corrected chi connectivity index (χ2v) is 4.11. The van der Waals surface area contributed by atoms with Crippen LogP contribution in [0.15, 0.2) is 36.5 Å². The van der Waals surface area contributed by atoms with Gasteiger partial charge < -0.3 is 15.8 Å². The lowest BCUT2D eigenvalue weighted by molar-refractivity contribution is 0.102. The first-order valence-corrected chi connectivity index (χ1v) is 5.77. The van der Waals surface area contributed by atoms with Crippen molar-refractivity contribution in [1.82, 2.24) is 4.98 Å². The fourth-order valence-electron chi connectivity index (χ4n) is 1.75. The Hall–Kier alpha value is -2.56. The summed E-state index contributed by atoms with van der Waals surface area (Å²) in [5.74, 6) is 0.878. The SMILES string of the molecule is COc1ccc(NC(=O)c2ccnc(N)c2)cc1C. The van der Waals surface area contributed by atoms with Crippen LogP contribution in [-0.4, -0.2) is 18.0 Å². The number of ether oxygens (including phenoxy) is 1. The lowest BCUT2D eigenvalue weighted by atomic mass is 10.2. The highest BCUT2D eigenvalue weighted by atomic mass is 16.5. The minimum absolute atomic E-state index is 0.223. The van der Waals surface area contributed by atoms with Gasteiger partial charge in [0.25, 0.3) is 5.91 Å². The van der Waals surface area contributed by atoms with Crippen LogP contribution < -0.4 is 15.8 Å². The Balaban J connectivity index is 2.17. The molecule has 2 aromatic rings. The van der Waals surface area contributed by atoms with E-state index in [0.717, 1.165) is 11.3 Å². The van der Waals surface area contributed by atoms with E-state index in [0.29, 0.717) is 17.1 Å². The summed E-state index contributed by atoms with van der Waals surface area (Å²) in [4.78, 5) is 15.9. The smallest absolute Gasteiger partial charge is 0.255 e. The molecule has 5 heteroatoms. The third-order valence-electron chi connectivity index (χ3n) is 2.70. The van der Waals surface area contributed by atoms with E-state index in [-0.39, 0.29) is 5.91 Å². The van der Waals surface area contributed by atoms with Crippen molar-refractivity contribution in [3.05, 3.63) is 47.7 Å². The molecule has 0 saturated heterocycles. The number of aromatic nitrogens is 1. The van der Waals surface area contributed by atoms with E-state index in [4.69, 9.17) is 10.5 Å². The van der Waals surface area contributed by atoms with Crippen LogP contribution in [0.25, 0.3) is 0 Å². The van der Waals surface area contributed by atoms with Crippen LogP contribution in [0, 0.1) is 6.92 Å². The fraction of sp³-hybridized carbons (Fsp3) is 0.143. The number of hydrogen-bond acceptors (Lipinski definition) is 4. The van der Waals surface area contributed by atoms with Crippen molar-refractivity contribution in [1.29, 1.82) is 0 Å². The summed E-state index contributed by atoms with van der Waals surface area (Å²) < 4.78 is 5.17. The molecule has 1 amide bonds. The molecule has 0 radical (unpaired) electrons. The maximum atomic E-state index is 12.0. The Kier molecular flexibility index (Phi) is 3.66. The Morgan fingerprint density at radius 2 is 2.11 bits per heavy atom. The summed E-state index contributed by atoms with van der Waals surface area (Å²) in [6, 6.07) is 8.59. The lowest BCUT2D eigenvalue weighted by Crippen LogP contribution is -2.12. The summed E-state index contributed by atoms with van der Waals surface area (Å²) in [5, 5.41) is 2.80. The summed E-state index contributed by atoms with van der Waals surface area (Å²) in [7, 11) is 1.61. The number of nitrogens with zero attached hydrogens (tertiary/aromatic N) is 1. The quantitative estimate of drug-likeness (QED) is 0.884. The van der Waals surface area contributed by atoms with E-state index in [1.54, 1.807) is 19.2 Å². The molecule has 2 rings (SSSR count). The second-order valence-electron chi connectivity index (χ2n) is 4.11. The maximum absolute atomic E-state index is 12.0. The number of aryl methyl sites for hydroxylation is 1. The molecule has 0 unspecified atom stereocenters. The molecule has 0 aliphatic rings. The van der Waals surface area contributed by atoms with Gasteiger partial charge in [0.15, 0.2) is 0 Å². The average Bonchev–Trinajstić information content (AvgIpc) is 2.39. The molecule has 0 aliphatic carbocycles. The van der Waals surface area contributed by atoms with Gasteiger partial charge in [-0.15, -0.1) is 0 Å². The number of pyridine rings is 1. The van der Waals surface area contributed by atoms with Gasteiger partial charge in [-0.2, -0.15) is 0 Å². The Morgan fingerprint density at radius 1 is 1.32 bits per heavy atom. The summed E-state index contributed by atoms with van der Waals surface area (Å²) in [6.07, 6.45) is 1.50. The molecule has 0 spiro atoms. The van der Waals surface area contributed by atoms with Crippen LogP contribution in [0.1, 0.15) is 15.9 Å². The molecule has 0 atom stereocenters. The molecule has 19 heavy (non-hydrogen) atoms. The first-order chi connectivity index (χ1) is 9.10. The number of benzene rings is 1. The number of methoxy groups -OCH3 is 1. The monoisotopic (exact) mass is 257 g/mol. The van der Waals surface area contributed by atoms with Crippen LogP contribution in [-0.2, 0) is 0 Å². The number of rotatable bonds is 3. The standard InChI is InChI=1S/C14H15N3O2/c1-9-7-11(3-4-12(9)19-2)17-14(18)10-5-6-16-13(15)8-10/h3-8H,1-2H3,(H2,15,16)(H,17,18). The number of carbonyl (C=O) groups is 1. The number of anilines is 2. The second kappa shape index (κ2) is 5.39. The van der Waals surface area contributed by atoms with Gasteiger partial charge in [-0.25, -0.2) is 4.98 Å². The topological polar surface area (TPSA) is 77.2 Å². The van der Waals surface area contributed by atoms with Gasteiger partial charge in [0, 0.05) is 17.4 Å². The molecule has 3 N–H and O–H groups in total. The normalized spacial score (nSPS) is 10.0. The first-order valence-electron chi connectivity index (χ1n) is 5.77. The average molecular weight is 257 g/mol. The Labute approximate surface area is 111 Å². The molecule has 1 aromatic heterocycles. The van der Waals surface area contributed by atoms with E-state index < -0.39 is 0 Å². The largest absolute Gasteiger partial charge is 0.496 e. The Morgan fingerprint density at radius 3 is 2.74 bits per heavy atom. The third kappa shape index (κ3) is 3.01. The van der Waals surface area contributed by atoms with E-state index in [2.05, 4.69) is 10.3 Å². The van der Waals surface area contributed by atoms with Crippen molar-refractivity contribution in [3.63, 3.8) is 0 Å². The number of nitrogens with one attached hydrogen (secondary N) is 1. The van der Waals surface area contributed by atoms with Crippen LogP contribution in [0.4, 0.5) is 11.5 Å². The highest BCUT2D eigenvalue weighted by Crippen LogP contribution is 2.21. The molecule has 0 saturated carbocycles. The predicted octanol–water partition coefficient (Wildman–Crippen LogP) is 2.23. The van der Waals surface area contributed by atoms with Gasteiger partial charge in [0.2, 0.25) is 0 Å². The fourth-order valence-corrected chi connectivity index (χ4v) is 1.75. The van der Waals surface area contributed by atoms with E-state index in [1.807, 2.05) is 19.1 Å². The summed E-state index contributed by atoms with van der Waals surface area (Å²) in [5.41, 5.74) is 7.68. The van der Waals surface area contributed by atoms with Crippen LogP contribution >= 0.6 is 0 Å². The van der Waals surface area contributed by atoms with Crippen LogP contribution in [0.5, 0.6) is 5.75 Å². The first kappa shape index (κ1) is 12.9. The molecular formula is C14H15N3O2. The number of carbonyl (C=O) groups excluding carboxylic acids is 1. The third-order valence-corrected chi connectivity index (χ3v) is 2.70. The minimum Gasteiger partial charge on any atom is -0.496 e. The van der Waals surface area contributed by atoms with Gasteiger partial charge in [-0.1, -0.05) is 0 Å². The molecular weight excluding hydrogens is 242 g/mol. The number of nitrogens with two attached hydrogens (primary N) is 1. The van der Waals surface area contributed by atoms with E-state index in [1.165, 1.54) is 12.3 Å². The summed E-state index contributed by atoms with van der Waals surface area (Å²) in [6.45, 7) is 1.92. The minimum atomic E-state index is -0.223. The molecule has 1 aromatic carbocycles. The zero-order valence-electron chi connectivity index (χ0n) is 10.8. The van der Waals surface area contributed by atoms with E-state index in [9.17, 15) is 4.79 Å². The van der Waals surface area contributed by atoms with Gasteiger partial charge in [0.05, 0.1) is 7.11 Å². The van der Waals surface area contributed by atoms with Crippen molar-refractivity contribution in [2.24, 2.45) is 0 Å². The molecule has 1 heterocycles. The van der Waals surface area contributed by atoms with Crippen molar-refractivity contribution in [2.45, 2.75) is 6.92 Å². The van der Waals surface area contributed by atoms with E-state index >= 15 is 0 Å². The Bertz CT molecular complexity index is 611. The number of hydrogen-bond donors (Lipinski definition) is 2. The lowest BCUT2D eigenvalue weighted by Gasteiger charge is -2.09. The maximum Gasteiger partial charge on any atom is 0.255 e. The van der Waals surface area contributed by atoms with Gasteiger partial charge in [-0.3, -0.25) is 4.79 Å². The van der Waals surface area contributed by atoms with Crippen LogP contribution in [0.3, 0.4) is 0 Å². The van der Waals surface area contributed by atoms with Gasteiger partial charge >= 0.3 is 0 Å². The molecule has 0 fully saturated rings. The number of nitrogen functional groups attached to an aromatic ring is 1. The van der Waals surface area contributed by atoms with Crippen molar-refractivity contribution >= 4 is 17.4 Å². The zero-order valence-corrected chi connectivity index (χ0v) is 10.8. The molecule has 98 valence electrons. The van der Waals surface area contributed by atoms with Crippen molar-refractivity contribution in [2.75, 3.05) is 18.2 Å². The number of amides is 1. The van der Waals surface area contributed by atoms with Gasteiger partial charge in [0.1, 0.15) is 11.6 Å².